The van der Waals surface area contributed by atoms with Gasteiger partial charge in [0.1, 0.15) is 11.8 Å². The third-order valence-corrected chi connectivity index (χ3v) is 3.10. The van der Waals surface area contributed by atoms with E-state index in [4.69, 9.17) is 26.3 Å². The number of rotatable bonds is 6. The number of ether oxygens (including phenoxy) is 1. The Hall–Kier alpha value is -2.79. The van der Waals surface area contributed by atoms with Crippen LogP contribution >= 0.6 is 0 Å². The molecule has 0 amide bonds. The Morgan fingerprint density at radius 1 is 1.26 bits per heavy atom. The summed E-state index contributed by atoms with van der Waals surface area (Å²) in [6.07, 6.45) is 0.610. The van der Waals surface area contributed by atoms with Gasteiger partial charge in [-0.1, -0.05) is 12.1 Å². The molecule has 122 valence electrons. The summed E-state index contributed by atoms with van der Waals surface area (Å²) in [5, 5.41) is 10.4. The molecule has 1 aromatic carbocycles. The van der Waals surface area contributed by atoms with Gasteiger partial charge < -0.3 is 16.2 Å². The number of guanidine groups is 2. The smallest absolute Gasteiger partial charge is 0.226 e. The second-order valence-corrected chi connectivity index (χ2v) is 5.37. The van der Waals surface area contributed by atoms with Gasteiger partial charge in [0.15, 0.2) is 5.66 Å². The van der Waals surface area contributed by atoms with Gasteiger partial charge in [-0.15, -0.1) is 0 Å². The number of nitriles is 1. The van der Waals surface area contributed by atoms with Crippen LogP contribution in [0.2, 0.25) is 0 Å². The van der Waals surface area contributed by atoms with Crippen molar-refractivity contribution in [1.82, 2.24) is 5.06 Å². The minimum absolute atomic E-state index is 0.129. The molecule has 0 aliphatic carbocycles. The van der Waals surface area contributed by atoms with Crippen LogP contribution in [0.1, 0.15) is 25.8 Å². The summed E-state index contributed by atoms with van der Waals surface area (Å²) < 4.78 is 5.58. The highest BCUT2D eigenvalue weighted by molar-refractivity contribution is 5.95. The summed E-state index contributed by atoms with van der Waals surface area (Å²) >= 11 is 0. The average molecular weight is 316 g/mol. The molecular formula is C15H20N6O2. The Morgan fingerprint density at radius 3 is 2.70 bits per heavy atom. The normalized spacial score (nSPS) is 16.3. The number of nitrogens with two attached hydrogens (primary N) is 2. The number of hydroxylamine groups is 2. The number of nitrogens with zero attached hydrogens (tertiary/aromatic N) is 4. The standard InChI is InChI=1S/C15H20N6O2/c1-15(2)20-13(17)19-14(18)21(15)23-9-5-8-22-12-7-4-3-6-11(12)10-16/h3-4,6-7H,5,8-9H2,1-2H3,(H4,17,18,19,20). The average Bonchev–Trinajstić information content (AvgIpc) is 2.48. The third kappa shape index (κ3) is 4.11. The first-order valence-corrected chi connectivity index (χ1v) is 7.18. The van der Waals surface area contributed by atoms with Crippen molar-refractivity contribution in [3.8, 4) is 11.8 Å². The molecule has 0 spiro atoms. The number of benzene rings is 1. The van der Waals surface area contributed by atoms with E-state index in [0.717, 1.165) is 0 Å². The van der Waals surface area contributed by atoms with E-state index in [-0.39, 0.29) is 11.9 Å². The number of hydrogen-bond donors (Lipinski definition) is 2. The quantitative estimate of drug-likeness (QED) is 0.753. The van der Waals surface area contributed by atoms with Crippen LogP contribution in [-0.4, -0.2) is 35.9 Å². The SMILES string of the molecule is CC1(C)N=C(N)N=C(N)N1OCCCOc1ccccc1C#N. The van der Waals surface area contributed by atoms with E-state index >= 15 is 0 Å². The van der Waals surface area contributed by atoms with Crippen LogP contribution in [0, 0.1) is 11.3 Å². The summed E-state index contributed by atoms with van der Waals surface area (Å²) in [5.41, 5.74) is 11.2. The Morgan fingerprint density at radius 2 is 2.00 bits per heavy atom. The zero-order chi connectivity index (χ0) is 16.9. The fourth-order valence-electron chi connectivity index (χ4n) is 2.10. The van der Waals surface area contributed by atoms with Crippen LogP contribution in [0.25, 0.3) is 0 Å². The maximum atomic E-state index is 8.99. The summed E-state index contributed by atoms with van der Waals surface area (Å²) in [7, 11) is 0. The summed E-state index contributed by atoms with van der Waals surface area (Å²) in [6.45, 7) is 4.42. The molecule has 0 bridgehead atoms. The van der Waals surface area contributed by atoms with Crippen molar-refractivity contribution in [2.24, 2.45) is 21.5 Å². The first-order valence-electron chi connectivity index (χ1n) is 7.18. The number of para-hydroxylation sites is 1. The van der Waals surface area contributed by atoms with Crippen LogP contribution in [0.5, 0.6) is 5.75 Å². The third-order valence-electron chi connectivity index (χ3n) is 3.10. The molecule has 1 aliphatic heterocycles. The molecular weight excluding hydrogens is 296 g/mol. The van der Waals surface area contributed by atoms with Gasteiger partial charge >= 0.3 is 0 Å². The molecule has 1 aliphatic rings. The van der Waals surface area contributed by atoms with Gasteiger partial charge in [0.2, 0.25) is 11.9 Å². The van der Waals surface area contributed by atoms with Gasteiger partial charge in [-0.05, 0) is 26.0 Å². The Bertz CT molecular complexity index is 662. The van der Waals surface area contributed by atoms with Gasteiger partial charge in [0.05, 0.1) is 18.8 Å². The fraction of sp³-hybridized carbons (Fsp3) is 0.400. The molecule has 0 fully saturated rings. The van der Waals surface area contributed by atoms with Crippen molar-refractivity contribution in [1.29, 1.82) is 5.26 Å². The summed E-state index contributed by atoms with van der Waals surface area (Å²) in [4.78, 5) is 13.7. The van der Waals surface area contributed by atoms with Gasteiger partial charge in [0.25, 0.3) is 0 Å². The molecule has 8 nitrogen and oxygen atoms in total. The van der Waals surface area contributed by atoms with Crippen molar-refractivity contribution >= 4 is 11.9 Å². The molecule has 23 heavy (non-hydrogen) atoms. The van der Waals surface area contributed by atoms with Gasteiger partial charge in [0, 0.05) is 6.42 Å². The highest BCUT2D eigenvalue weighted by atomic mass is 16.7. The topological polar surface area (TPSA) is 122 Å². The molecule has 0 saturated heterocycles. The van der Waals surface area contributed by atoms with Crippen molar-refractivity contribution < 1.29 is 9.57 Å². The maximum absolute atomic E-state index is 8.99. The molecule has 0 radical (unpaired) electrons. The minimum atomic E-state index is -0.718. The zero-order valence-electron chi connectivity index (χ0n) is 13.2. The summed E-state index contributed by atoms with van der Waals surface area (Å²) in [5.74, 6) is 0.855. The maximum Gasteiger partial charge on any atom is 0.226 e. The minimum Gasteiger partial charge on any atom is -0.492 e. The number of aliphatic imine (C=N–C) groups is 2. The highest BCUT2D eigenvalue weighted by Crippen LogP contribution is 2.20. The van der Waals surface area contributed by atoms with Gasteiger partial charge in [-0.25, -0.2) is 4.99 Å². The molecule has 4 N–H and O–H groups in total. The highest BCUT2D eigenvalue weighted by Gasteiger charge is 2.32. The second kappa shape index (κ2) is 6.98. The molecule has 0 saturated carbocycles. The van der Waals surface area contributed by atoms with E-state index in [9.17, 15) is 0 Å². The lowest BCUT2D eigenvalue weighted by Crippen LogP contribution is -2.53. The Balaban J connectivity index is 1.80. The lowest BCUT2D eigenvalue weighted by molar-refractivity contribution is -0.158. The van der Waals surface area contributed by atoms with Crippen molar-refractivity contribution in [3.63, 3.8) is 0 Å². The lowest BCUT2D eigenvalue weighted by Gasteiger charge is -2.36. The molecule has 2 rings (SSSR count). The zero-order valence-corrected chi connectivity index (χ0v) is 13.2. The fourth-order valence-corrected chi connectivity index (χ4v) is 2.10. The Labute approximate surface area is 135 Å². The van der Waals surface area contributed by atoms with Crippen molar-refractivity contribution in [2.45, 2.75) is 25.9 Å². The predicted octanol–water partition coefficient (Wildman–Crippen LogP) is 0.940. The van der Waals surface area contributed by atoms with E-state index in [0.29, 0.717) is 30.9 Å². The van der Waals surface area contributed by atoms with E-state index in [1.165, 1.54) is 5.06 Å². The second-order valence-electron chi connectivity index (χ2n) is 5.37. The number of hydrogen-bond acceptors (Lipinski definition) is 8. The first kappa shape index (κ1) is 16.6. The van der Waals surface area contributed by atoms with Crippen LogP contribution < -0.4 is 16.2 Å². The van der Waals surface area contributed by atoms with Crippen molar-refractivity contribution in [2.75, 3.05) is 13.2 Å². The van der Waals surface area contributed by atoms with Crippen LogP contribution in [0.4, 0.5) is 0 Å². The monoisotopic (exact) mass is 316 g/mol. The molecule has 1 aromatic rings. The van der Waals surface area contributed by atoms with Crippen molar-refractivity contribution in [3.05, 3.63) is 29.8 Å². The van der Waals surface area contributed by atoms with E-state index < -0.39 is 5.66 Å². The summed E-state index contributed by atoms with van der Waals surface area (Å²) in [6, 6.07) is 9.17. The van der Waals surface area contributed by atoms with Crippen LogP contribution in [0.3, 0.4) is 0 Å². The van der Waals surface area contributed by atoms with E-state index in [1.807, 2.05) is 19.9 Å². The Kier molecular flexibility index (Phi) is 5.03. The van der Waals surface area contributed by atoms with Crippen LogP contribution in [-0.2, 0) is 4.84 Å². The molecule has 0 unspecified atom stereocenters. The molecule has 0 aromatic heterocycles. The molecule has 1 heterocycles. The lowest BCUT2D eigenvalue weighted by atomic mass is 10.2. The predicted molar refractivity (Wildman–Crippen MR) is 86.4 cm³/mol. The van der Waals surface area contributed by atoms with Gasteiger partial charge in [-0.2, -0.15) is 15.3 Å². The van der Waals surface area contributed by atoms with E-state index in [1.54, 1.807) is 18.2 Å². The first-order chi connectivity index (χ1) is 10.9. The van der Waals surface area contributed by atoms with E-state index in [2.05, 4.69) is 16.1 Å². The molecule has 8 heteroatoms. The molecule has 0 atom stereocenters. The largest absolute Gasteiger partial charge is 0.492 e. The van der Waals surface area contributed by atoms with Crippen LogP contribution in [0.15, 0.2) is 34.3 Å². The van der Waals surface area contributed by atoms with Gasteiger partial charge in [-0.3, -0.25) is 4.84 Å².